The minimum atomic E-state index is 0.685. The average Bonchev–Trinajstić information content (AvgIpc) is 3.35. The van der Waals surface area contributed by atoms with Crippen LogP contribution in [0.25, 0.3) is 5.65 Å². The normalized spacial score (nSPS) is 14.0. The highest BCUT2D eigenvalue weighted by Gasteiger charge is 2.23. The molecule has 1 fully saturated rings. The number of aryl methyl sites for hydroxylation is 1. The summed E-state index contributed by atoms with van der Waals surface area (Å²) in [6, 6.07) is 13.0. The molecule has 5 nitrogen and oxygen atoms in total. The third-order valence-corrected chi connectivity index (χ3v) is 6.09. The average molecular weight is 404 g/mol. The maximum absolute atomic E-state index is 4.73. The van der Waals surface area contributed by atoms with E-state index >= 15 is 0 Å². The van der Waals surface area contributed by atoms with Crippen molar-refractivity contribution in [2.45, 2.75) is 43.5 Å². The van der Waals surface area contributed by atoms with Gasteiger partial charge in [0.2, 0.25) is 0 Å². The van der Waals surface area contributed by atoms with Crippen molar-refractivity contribution in [2.75, 3.05) is 6.54 Å². The molecule has 1 aliphatic carbocycles. The topological polar surface area (TPSA) is 47.2 Å². The molecule has 1 aromatic carbocycles. The fourth-order valence-corrected chi connectivity index (χ4v) is 4.29. The second-order valence-electron chi connectivity index (χ2n) is 7.84. The first-order valence-corrected chi connectivity index (χ1v) is 11.0. The van der Waals surface area contributed by atoms with Crippen molar-refractivity contribution in [3.63, 3.8) is 0 Å². The van der Waals surface area contributed by atoms with Gasteiger partial charge in [-0.2, -0.15) is 5.10 Å². The molecule has 3 heterocycles. The van der Waals surface area contributed by atoms with Crippen LogP contribution in [-0.2, 0) is 13.0 Å². The lowest BCUT2D eigenvalue weighted by Crippen LogP contribution is -2.08. The van der Waals surface area contributed by atoms with E-state index in [4.69, 9.17) is 4.98 Å². The van der Waals surface area contributed by atoms with Gasteiger partial charge in [-0.05, 0) is 61.2 Å². The van der Waals surface area contributed by atoms with Crippen LogP contribution in [0.1, 0.15) is 41.1 Å². The predicted octanol–water partition coefficient (Wildman–Crippen LogP) is 4.60. The van der Waals surface area contributed by atoms with E-state index in [0.29, 0.717) is 6.54 Å². The Morgan fingerprint density at radius 3 is 2.93 bits per heavy atom. The number of aromatic nitrogens is 4. The predicted molar refractivity (Wildman–Crippen MR) is 117 cm³/mol. The Bertz CT molecular complexity index is 1130. The zero-order chi connectivity index (χ0) is 19.6. The number of imidazole rings is 1. The summed E-state index contributed by atoms with van der Waals surface area (Å²) in [6.07, 6.45) is 12.0. The zero-order valence-electron chi connectivity index (χ0n) is 16.6. The fourth-order valence-electron chi connectivity index (χ4n) is 3.64. The van der Waals surface area contributed by atoms with Crippen molar-refractivity contribution in [2.24, 2.45) is 0 Å². The van der Waals surface area contributed by atoms with Crippen molar-refractivity contribution < 1.29 is 0 Å². The van der Waals surface area contributed by atoms with E-state index < -0.39 is 0 Å². The lowest BCUT2D eigenvalue weighted by Gasteiger charge is -2.03. The van der Waals surface area contributed by atoms with Crippen LogP contribution in [0.3, 0.4) is 0 Å². The third kappa shape index (κ3) is 4.54. The van der Waals surface area contributed by atoms with Crippen molar-refractivity contribution in [3.8, 4) is 0 Å². The van der Waals surface area contributed by atoms with Gasteiger partial charge in [0.1, 0.15) is 5.65 Å². The Kier molecular flexibility index (Phi) is 5.12. The number of hydrogen-bond acceptors (Lipinski definition) is 4. The Balaban J connectivity index is 1.15. The molecular weight excluding hydrogens is 378 g/mol. The van der Waals surface area contributed by atoms with Gasteiger partial charge in [-0.25, -0.2) is 4.98 Å². The van der Waals surface area contributed by atoms with Gasteiger partial charge in [-0.15, -0.1) is 0 Å². The first-order chi connectivity index (χ1) is 14.2. The molecule has 0 aliphatic heterocycles. The second kappa shape index (κ2) is 8.05. The van der Waals surface area contributed by atoms with E-state index in [2.05, 4.69) is 76.1 Å². The van der Waals surface area contributed by atoms with Crippen LogP contribution in [0, 0.1) is 6.92 Å². The Hall–Kier alpha value is -2.57. The number of nitrogens with zero attached hydrogens (tertiary/aromatic N) is 4. The summed E-state index contributed by atoms with van der Waals surface area (Å²) in [5.74, 6) is 0.759. The Labute approximate surface area is 175 Å². The van der Waals surface area contributed by atoms with Gasteiger partial charge in [0.25, 0.3) is 0 Å². The smallest absolute Gasteiger partial charge is 0.137 e. The van der Waals surface area contributed by atoms with Crippen LogP contribution >= 0.6 is 11.9 Å². The monoisotopic (exact) mass is 403 g/mol. The van der Waals surface area contributed by atoms with E-state index in [-0.39, 0.29) is 0 Å². The van der Waals surface area contributed by atoms with Gasteiger partial charge < -0.3 is 4.40 Å². The van der Waals surface area contributed by atoms with Crippen molar-refractivity contribution in [1.29, 1.82) is 0 Å². The van der Waals surface area contributed by atoms with E-state index in [1.54, 1.807) is 11.9 Å². The molecular formula is C23H25N5S. The first kappa shape index (κ1) is 18.5. The van der Waals surface area contributed by atoms with Gasteiger partial charge in [-0.1, -0.05) is 35.9 Å². The van der Waals surface area contributed by atoms with Crippen LogP contribution in [0.15, 0.2) is 66.1 Å². The third-order valence-electron chi connectivity index (χ3n) is 5.29. The van der Waals surface area contributed by atoms with Crippen molar-refractivity contribution >= 4 is 17.6 Å². The minimum Gasteiger partial charge on any atom is -0.306 e. The molecule has 29 heavy (non-hydrogen) atoms. The SMILES string of the molecule is Cc1cccc(CCNSc2cnn(Cc3cn4cc(C5CC5)ccc4n3)c2)c1. The molecule has 6 heteroatoms. The van der Waals surface area contributed by atoms with Crippen LogP contribution in [-0.4, -0.2) is 25.7 Å². The summed E-state index contributed by atoms with van der Waals surface area (Å²) in [5, 5.41) is 4.49. The van der Waals surface area contributed by atoms with E-state index in [1.165, 1.54) is 29.5 Å². The molecule has 148 valence electrons. The molecule has 1 aliphatic rings. The van der Waals surface area contributed by atoms with Gasteiger partial charge >= 0.3 is 0 Å². The molecule has 0 radical (unpaired) electrons. The lowest BCUT2D eigenvalue weighted by atomic mass is 10.1. The minimum absolute atomic E-state index is 0.685. The van der Waals surface area contributed by atoms with Crippen molar-refractivity contribution in [3.05, 3.63) is 83.6 Å². The van der Waals surface area contributed by atoms with Gasteiger partial charge in [0.05, 0.1) is 23.3 Å². The summed E-state index contributed by atoms with van der Waals surface area (Å²) >= 11 is 1.63. The number of fused-ring (bicyclic) bond motifs is 1. The summed E-state index contributed by atoms with van der Waals surface area (Å²) in [4.78, 5) is 5.85. The highest BCUT2D eigenvalue weighted by molar-refractivity contribution is 7.97. The van der Waals surface area contributed by atoms with E-state index in [1.807, 2.05) is 10.9 Å². The van der Waals surface area contributed by atoms with Crippen LogP contribution < -0.4 is 4.72 Å². The molecule has 0 saturated heterocycles. The van der Waals surface area contributed by atoms with Crippen LogP contribution in [0.2, 0.25) is 0 Å². The Morgan fingerprint density at radius 2 is 2.07 bits per heavy atom. The fraction of sp³-hybridized carbons (Fsp3) is 0.304. The number of rotatable bonds is 8. The molecule has 3 aromatic heterocycles. The van der Waals surface area contributed by atoms with E-state index in [0.717, 1.165) is 35.1 Å². The maximum Gasteiger partial charge on any atom is 0.137 e. The van der Waals surface area contributed by atoms with Gasteiger partial charge in [0, 0.05) is 25.1 Å². The summed E-state index contributed by atoms with van der Waals surface area (Å²) in [7, 11) is 0. The molecule has 1 saturated carbocycles. The quantitative estimate of drug-likeness (QED) is 0.345. The lowest BCUT2D eigenvalue weighted by molar-refractivity contribution is 0.675. The molecule has 0 spiro atoms. The molecule has 5 rings (SSSR count). The van der Waals surface area contributed by atoms with Crippen molar-refractivity contribution in [1.82, 2.24) is 23.9 Å². The van der Waals surface area contributed by atoms with Gasteiger partial charge in [0.15, 0.2) is 0 Å². The molecule has 0 bridgehead atoms. The molecule has 0 amide bonds. The Morgan fingerprint density at radius 1 is 1.14 bits per heavy atom. The second-order valence-corrected chi connectivity index (χ2v) is 8.81. The number of nitrogens with one attached hydrogen (secondary N) is 1. The zero-order valence-corrected chi connectivity index (χ0v) is 17.4. The highest BCUT2D eigenvalue weighted by atomic mass is 32.2. The highest BCUT2D eigenvalue weighted by Crippen LogP contribution is 2.39. The summed E-state index contributed by atoms with van der Waals surface area (Å²) < 4.78 is 7.53. The van der Waals surface area contributed by atoms with E-state index in [9.17, 15) is 0 Å². The number of hydrogen-bond donors (Lipinski definition) is 1. The maximum atomic E-state index is 4.73. The number of benzene rings is 1. The van der Waals surface area contributed by atoms with Crippen LogP contribution in [0.4, 0.5) is 0 Å². The largest absolute Gasteiger partial charge is 0.306 e. The molecule has 4 aromatic rings. The van der Waals surface area contributed by atoms with Crippen LogP contribution in [0.5, 0.6) is 0 Å². The molecule has 0 unspecified atom stereocenters. The molecule has 0 atom stereocenters. The summed E-state index contributed by atoms with van der Waals surface area (Å²) in [5.41, 5.74) is 6.14. The first-order valence-electron chi connectivity index (χ1n) is 10.2. The number of pyridine rings is 1. The standard InChI is InChI=1S/C23H25N5S/c1-17-3-2-4-18(11-17)9-10-25-29-22-12-24-28(16-22)15-21-14-27-13-20(19-5-6-19)7-8-23(27)26-21/h2-4,7-8,11-14,16,19,25H,5-6,9-10,15H2,1H3. The molecule has 1 N–H and O–H groups in total. The summed E-state index contributed by atoms with van der Waals surface area (Å²) in [6.45, 7) is 3.74. The van der Waals surface area contributed by atoms with Gasteiger partial charge in [-0.3, -0.25) is 9.40 Å².